The van der Waals surface area contributed by atoms with Crippen molar-refractivity contribution in [1.29, 1.82) is 0 Å². The van der Waals surface area contributed by atoms with Crippen LogP contribution in [0.1, 0.15) is 5.56 Å². The van der Waals surface area contributed by atoms with E-state index in [4.69, 9.17) is 10.3 Å². The average molecular weight is 192 g/mol. The lowest BCUT2D eigenvalue weighted by atomic mass is 10.1. The molecule has 0 spiro atoms. The highest BCUT2D eigenvalue weighted by molar-refractivity contribution is 5.72. The summed E-state index contributed by atoms with van der Waals surface area (Å²) >= 11 is 0. The van der Waals surface area contributed by atoms with E-state index in [2.05, 4.69) is 5.16 Å². The first kappa shape index (κ1) is 8.74. The van der Waals surface area contributed by atoms with E-state index in [9.17, 15) is 4.39 Å². The summed E-state index contributed by atoms with van der Waals surface area (Å²) in [5, 5.41) is 3.56. The van der Waals surface area contributed by atoms with Crippen molar-refractivity contribution in [3.05, 3.63) is 35.8 Å². The fraction of sp³-hybridized carbons (Fsp3) is 0.100. The molecule has 0 saturated heterocycles. The van der Waals surface area contributed by atoms with Crippen LogP contribution in [-0.4, -0.2) is 5.16 Å². The maximum absolute atomic E-state index is 13.0. The van der Waals surface area contributed by atoms with Gasteiger partial charge < -0.3 is 10.3 Å². The molecule has 4 heteroatoms. The van der Waals surface area contributed by atoms with Gasteiger partial charge in [0.05, 0.1) is 11.8 Å². The Morgan fingerprint density at radius 1 is 1.43 bits per heavy atom. The molecular weight excluding hydrogens is 183 g/mol. The van der Waals surface area contributed by atoms with E-state index in [-0.39, 0.29) is 11.7 Å². The Bertz CT molecular complexity index is 465. The van der Waals surface area contributed by atoms with Crippen LogP contribution in [0.2, 0.25) is 0 Å². The zero-order chi connectivity index (χ0) is 10.1. The molecule has 0 atom stereocenters. The van der Waals surface area contributed by atoms with Crippen molar-refractivity contribution in [1.82, 2.24) is 5.16 Å². The number of benzene rings is 1. The number of hydrogen-bond donors (Lipinski definition) is 1. The lowest BCUT2D eigenvalue weighted by Gasteiger charge is -2.00. The summed E-state index contributed by atoms with van der Waals surface area (Å²) in [5.74, 6) is 0.0137. The second-order valence-corrected chi connectivity index (χ2v) is 3.07. The molecular formula is C10H9FN2O. The van der Waals surface area contributed by atoms with E-state index in [1.54, 1.807) is 19.1 Å². The molecule has 2 N–H and O–H groups in total. The van der Waals surface area contributed by atoms with Crippen LogP contribution in [0.3, 0.4) is 0 Å². The average Bonchev–Trinajstić information content (AvgIpc) is 2.57. The van der Waals surface area contributed by atoms with Gasteiger partial charge in [-0.15, -0.1) is 0 Å². The van der Waals surface area contributed by atoms with Crippen molar-refractivity contribution >= 4 is 5.88 Å². The summed E-state index contributed by atoms with van der Waals surface area (Å²) in [6.07, 6.45) is 1.52. The molecule has 1 aromatic carbocycles. The Morgan fingerprint density at radius 2 is 2.21 bits per heavy atom. The quantitative estimate of drug-likeness (QED) is 0.754. The summed E-state index contributed by atoms with van der Waals surface area (Å²) in [6.45, 7) is 1.70. The number of aryl methyl sites for hydroxylation is 1. The summed E-state index contributed by atoms with van der Waals surface area (Å²) in [6, 6.07) is 4.75. The standard InChI is InChI=1S/C10H9FN2O/c1-6-4-7(2-3-9(6)11)8-5-13-14-10(8)12/h2-5H,12H2,1H3. The maximum atomic E-state index is 13.0. The molecule has 1 aromatic heterocycles. The smallest absolute Gasteiger partial charge is 0.229 e. The zero-order valence-corrected chi connectivity index (χ0v) is 7.62. The molecule has 0 aliphatic carbocycles. The van der Waals surface area contributed by atoms with Crippen molar-refractivity contribution in [3.8, 4) is 11.1 Å². The number of nitrogen functional groups attached to an aromatic ring is 1. The molecule has 0 aliphatic rings. The van der Waals surface area contributed by atoms with Crippen molar-refractivity contribution in [2.24, 2.45) is 0 Å². The van der Waals surface area contributed by atoms with E-state index in [1.807, 2.05) is 0 Å². The highest BCUT2D eigenvalue weighted by Crippen LogP contribution is 2.26. The van der Waals surface area contributed by atoms with Gasteiger partial charge in [0.2, 0.25) is 5.88 Å². The fourth-order valence-corrected chi connectivity index (χ4v) is 1.28. The molecule has 0 fully saturated rings. The molecule has 1 heterocycles. The van der Waals surface area contributed by atoms with E-state index in [0.717, 1.165) is 5.56 Å². The van der Waals surface area contributed by atoms with Gasteiger partial charge in [-0.2, -0.15) is 0 Å². The van der Waals surface area contributed by atoms with Crippen molar-refractivity contribution in [3.63, 3.8) is 0 Å². The molecule has 2 rings (SSSR count). The molecule has 0 unspecified atom stereocenters. The Hall–Kier alpha value is -1.84. The largest absolute Gasteiger partial charge is 0.367 e. The van der Waals surface area contributed by atoms with Gasteiger partial charge in [0.25, 0.3) is 0 Å². The minimum absolute atomic E-state index is 0.233. The summed E-state index contributed by atoms with van der Waals surface area (Å²) in [5.41, 5.74) is 7.61. The molecule has 0 radical (unpaired) electrons. The van der Waals surface area contributed by atoms with Gasteiger partial charge in [0.15, 0.2) is 0 Å². The first-order valence-electron chi connectivity index (χ1n) is 4.15. The number of nitrogens with zero attached hydrogens (tertiary/aromatic N) is 1. The maximum Gasteiger partial charge on any atom is 0.229 e. The Morgan fingerprint density at radius 3 is 2.79 bits per heavy atom. The van der Waals surface area contributed by atoms with Crippen LogP contribution in [0.15, 0.2) is 28.9 Å². The number of nitrogens with two attached hydrogens (primary N) is 1. The third kappa shape index (κ3) is 1.35. The minimum atomic E-state index is -0.233. The topological polar surface area (TPSA) is 52.0 Å². The van der Waals surface area contributed by atoms with Crippen LogP contribution in [0.5, 0.6) is 0 Å². The van der Waals surface area contributed by atoms with Crippen LogP contribution in [0, 0.1) is 12.7 Å². The second-order valence-electron chi connectivity index (χ2n) is 3.07. The Kier molecular flexibility index (Phi) is 1.96. The van der Waals surface area contributed by atoms with Crippen molar-refractivity contribution in [2.45, 2.75) is 6.92 Å². The van der Waals surface area contributed by atoms with E-state index < -0.39 is 0 Å². The fourth-order valence-electron chi connectivity index (χ4n) is 1.28. The molecule has 14 heavy (non-hydrogen) atoms. The van der Waals surface area contributed by atoms with Gasteiger partial charge >= 0.3 is 0 Å². The Labute approximate surface area is 80.3 Å². The number of aromatic nitrogens is 1. The molecule has 0 aliphatic heterocycles. The first-order chi connectivity index (χ1) is 6.68. The van der Waals surface area contributed by atoms with Gasteiger partial charge in [0.1, 0.15) is 5.82 Å². The van der Waals surface area contributed by atoms with E-state index in [0.29, 0.717) is 11.1 Å². The van der Waals surface area contributed by atoms with Gasteiger partial charge in [-0.05, 0) is 30.2 Å². The van der Waals surface area contributed by atoms with E-state index in [1.165, 1.54) is 12.3 Å². The predicted molar refractivity (Wildman–Crippen MR) is 51.0 cm³/mol. The molecule has 0 bridgehead atoms. The Balaban J connectivity index is 2.53. The number of anilines is 1. The third-order valence-corrected chi connectivity index (χ3v) is 2.07. The molecule has 72 valence electrons. The van der Waals surface area contributed by atoms with Crippen LogP contribution < -0.4 is 5.73 Å². The predicted octanol–water partition coefficient (Wildman–Crippen LogP) is 2.37. The number of hydrogen-bond acceptors (Lipinski definition) is 3. The monoisotopic (exact) mass is 192 g/mol. The summed E-state index contributed by atoms with van der Waals surface area (Å²) < 4.78 is 17.7. The zero-order valence-electron chi connectivity index (χ0n) is 7.62. The number of rotatable bonds is 1. The number of halogens is 1. The molecule has 2 aromatic rings. The van der Waals surface area contributed by atoms with Gasteiger partial charge in [-0.3, -0.25) is 0 Å². The molecule has 0 amide bonds. The SMILES string of the molecule is Cc1cc(-c2cnoc2N)ccc1F. The summed E-state index contributed by atoms with van der Waals surface area (Å²) in [7, 11) is 0. The van der Waals surface area contributed by atoms with Gasteiger partial charge in [0, 0.05) is 0 Å². The summed E-state index contributed by atoms with van der Waals surface area (Å²) in [4.78, 5) is 0. The lowest BCUT2D eigenvalue weighted by molar-refractivity contribution is 0.436. The highest BCUT2D eigenvalue weighted by atomic mass is 19.1. The van der Waals surface area contributed by atoms with Crippen molar-refractivity contribution in [2.75, 3.05) is 5.73 Å². The van der Waals surface area contributed by atoms with Crippen LogP contribution in [-0.2, 0) is 0 Å². The second kappa shape index (κ2) is 3.14. The first-order valence-corrected chi connectivity index (χ1v) is 4.15. The van der Waals surface area contributed by atoms with E-state index >= 15 is 0 Å². The van der Waals surface area contributed by atoms with Crippen molar-refractivity contribution < 1.29 is 8.91 Å². The van der Waals surface area contributed by atoms with Crippen LogP contribution >= 0.6 is 0 Å². The highest BCUT2D eigenvalue weighted by Gasteiger charge is 2.08. The molecule has 3 nitrogen and oxygen atoms in total. The minimum Gasteiger partial charge on any atom is -0.367 e. The van der Waals surface area contributed by atoms with Crippen LogP contribution in [0.4, 0.5) is 10.3 Å². The van der Waals surface area contributed by atoms with Gasteiger partial charge in [-0.1, -0.05) is 11.2 Å². The van der Waals surface area contributed by atoms with Crippen LogP contribution in [0.25, 0.3) is 11.1 Å². The molecule has 0 saturated carbocycles. The lowest BCUT2D eigenvalue weighted by Crippen LogP contribution is -1.87. The third-order valence-electron chi connectivity index (χ3n) is 2.07. The van der Waals surface area contributed by atoms with Gasteiger partial charge in [-0.25, -0.2) is 4.39 Å². The normalized spacial score (nSPS) is 10.4.